The zero-order valence-corrected chi connectivity index (χ0v) is 34.5. The fourth-order valence-electron chi connectivity index (χ4n) is 6.54. The van der Waals surface area contributed by atoms with Gasteiger partial charge in [-0.05, 0) is 84.3 Å². The molecule has 1 aromatic rings. The summed E-state index contributed by atoms with van der Waals surface area (Å²) in [5.41, 5.74) is -0.173. The van der Waals surface area contributed by atoms with Crippen molar-refractivity contribution in [3.05, 3.63) is 59.3 Å². The number of nitrogens with one attached hydrogen (secondary N) is 6. The average molecular weight is 828 g/mol. The lowest BCUT2D eigenvalue weighted by atomic mass is 9.72. The molecule has 326 valence electrons. The van der Waals surface area contributed by atoms with E-state index in [1.807, 2.05) is 37.3 Å². The Morgan fingerprint density at radius 3 is 1.97 bits per heavy atom. The molecule has 18 heteroatoms. The fraction of sp³-hybridized carbons (Fsp3) is 0.585. The van der Waals surface area contributed by atoms with Gasteiger partial charge >= 0.3 is 0 Å². The van der Waals surface area contributed by atoms with E-state index in [2.05, 4.69) is 31.9 Å². The predicted octanol–water partition coefficient (Wildman–Crippen LogP) is -1.43. The molecule has 1 aliphatic heterocycles. The zero-order chi connectivity index (χ0) is 43.9. The molecule has 5 unspecified atom stereocenters. The summed E-state index contributed by atoms with van der Waals surface area (Å²) in [5.74, 6) is -4.26. The Balaban J connectivity index is 1.78. The molecule has 5 atom stereocenters. The van der Waals surface area contributed by atoms with Gasteiger partial charge in [0.2, 0.25) is 29.5 Å². The Morgan fingerprint density at radius 2 is 1.39 bits per heavy atom. The quantitative estimate of drug-likeness (QED) is 0.0538. The van der Waals surface area contributed by atoms with Gasteiger partial charge in [-0.15, -0.1) is 0 Å². The van der Waals surface area contributed by atoms with Gasteiger partial charge in [-0.3, -0.25) is 38.5 Å². The van der Waals surface area contributed by atoms with Crippen LogP contribution in [0.1, 0.15) is 78.7 Å². The molecule has 1 saturated carbocycles. The Hall–Kier alpha value is -5.17. The molecular weight excluding hydrogens is 766 g/mol. The van der Waals surface area contributed by atoms with Crippen LogP contribution in [-0.4, -0.2) is 135 Å². The largest absolute Gasteiger partial charge is 0.396 e. The number of hydrogen-bond donors (Lipinski definition) is 10. The van der Waals surface area contributed by atoms with Crippen LogP contribution in [0.5, 0.6) is 0 Å². The summed E-state index contributed by atoms with van der Waals surface area (Å²) < 4.78 is 0. The lowest BCUT2D eigenvalue weighted by Crippen LogP contribution is -2.63. The Morgan fingerprint density at radius 1 is 0.763 bits per heavy atom. The number of aliphatic hydroxyl groups excluding tert-OH is 4. The first-order valence-corrected chi connectivity index (χ1v) is 20.0. The molecule has 0 bridgehead atoms. The molecule has 7 amide bonds. The third kappa shape index (κ3) is 13.4. The second kappa shape index (κ2) is 22.3. The lowest BCUT2D eigenvalue weighted by molar-refractivity contribution is -0.153. The van der Waals surface area contributed by atoms with Crippen LogP contribution in [0.3, 0.4) is 0 Å². The second-order valence-corrected chi connectivity index (χ2v) is 15.7. The van der Waals surface area contributed by atoms with Crippen molar-refractivity contribution in [2.45, 2.75) is 115 Å². The number of allylic oxidation sites excluding steroid dienone is 1. The van der Waals surface area contributed by atoms with Crippen molar-refractivity contribution in [2.24, 2.45) is 5.41 Å². The smallest absolute Gasteiger partial charge is 0.254 e. The number of likely N-dealkylation sites (N-methyl/N-ethyl adjacent to an activating group) is 1. The summed E-state index contributed by atoms with van der Waals surface area (Å²) in [4.78, 5) is 92.7. The van der Waals surface area contributed by atoms with Crippen LogP contribution in [0.4, 0.5) is 0 Å². The highest BCUT2D eigenvalue weighted by atomic mass is 16.4. The molecular formula is C41H61N7O11. The summed E-state index contributed by atoms with van der Waals surface area (Å²) in [6.45, 7) is 6.88. The van der Waals surface area contributed by atoms with Crippen molar-refractivity contribution < 1.29 is 54.0 Å². The van der Waals surface area contributed by atoms with Crippen LogP contribution in [0.15, 0.2) is 53.8 Å². The van der Waals surface area contributed by atoms with Crippen LogP contribution >= 0.6 is 0 Å². The van der Waals surface area contributed by atoms with Crippen molar-refractivity contribution in [3.8, 4) is 0 Å². The minimum absolute atomic E-state index is 0.00547. The Bertz CT molecular complexity index is 1710. The highest BCUT2D eigenvalue weighted by Crippen LogP contribution is 2.38. The van der Waals surface area contributed by atoms with Gasteiger partial charge in [-0.2, -0.15) is 0 Å². The van der Waals surface area contributed by atoms with Crippen LogP contribution in [-0.2, 0) is 40.0 Å². The highest BCUT2D eigenvalue weighted by molar-refractivity contribution is 6.14. The van der Waals surface area contributed by atoms with Crippen molar-refractivity contribution in [1.29, 1.82) is 0 Å². The molecule has 1 aromatic carbocycles. The van der Waals surface area contributed by atoms with Crippen molar-refractivity contribution >= 4 is 41.4 Å². The van der Waals surface area contributed by atoms with Crippen LogP contribution in [0.25, 0.3) is 0 Å². The number of imide groups is 1. The summed E-state index contributed by atoms with van der Waals surface area (Å²) in [6, 6.07) is 7.44. The van der Waals surface area contributed by atoms with Gasteiger partial charge in [0, 0.05) is 44.0 Å². The van der Waals surface area contributed by atoms with E-state index in [0.29, 0.717) is 13.0 Å². The van der Waals surface area contributed by atoms with Gasteiger partial charge in [0.25, 0.3) is 11.8 Å². The maximum absolute atomic E-state index is 13.9. The van der Waals surface area contributed by atoms with E-state index in [-0.39, 0.29) is 31.7 Å². The minimum atomic E-state index is -1.66. The number of hydrogen-bond acceptors (Lipinski definition) is 12. The van der Waals surface area contributed by atoms with Crippen molar-refractivity contribution in [1.82, 2.24) is 36.8 Å². The van der Waals surface area contributed by atoms with Gasteiger partial charge in [0.05, 0.1) is 42.3 Å². The lowest BCUT2D eigenvalue weighted by Gasteiger charge is -2.45. The van der Waals surface area contributed by atoms with Crippen molar-refractivity contribution in [2.75, 3.05) is 32.8 Å². The molecule has 0 radical (unpaired) electrons. The molecule has 0 spiro atoms. The summed E-state index contributed by atoms with van der Waals surface area (Å²) in [7, 11) is 0. The number of carbonyl (C=O) groups is 7. The summed E-state index contributed by atoms with van der Waals surface area (Å²) in [6.07, 6.45) is -0.459. The third-order valence-electron chi connectivity index (χ3n) is 11.0. The van der Waals surface area contributed by atoms with Crippen LogP contribution in [0, 0.1) is 5.41 Å². The monoisotopic (exact) mass is 827 g/mol. The first-order valence-electron chi connectivity index (χ1n) is 20.0. The van der Waals surface area contributed by atoms with E-state index in [1.165, 1.54) is 27.7 Å². The van der Waals surface area contributed by atoms with E-state index in [1.54, 1.807) is 0 Å². The molecule has 10 N–H and O–H groups in total. The third-order valence-corrected chi connectivity index (χ3v) is 11.0. The molecule has 1 heterocycles. The number of rotatable bonds is 24. The molecule has 2 aliphatic rings. The molecule has 1 fully saturated rings. The predicted molar refractivity (Wildman–Crippen MR) is 215 cm³/mol. The second-order valence-electron chi connectivity index (χ2n) is 15.7. The number of benzene rings is 1. The first kappa shape index (κ1) is 48.2. The first-order chi connectivity index (χ1) is 27.8. The van der Waals surface area contributed by atoms with E-state index >= 15 is 0 Å². The molecule has 0 aromatic heterocycles. The summed E-state index contributed by atoms with van der Waals surface area (Å²) in [5, 5.41) is 55.7. The van der Waals surface area contributed by atoms with Gasteiger partial charge < -0.3 is 52.3 Å². The number of carbonyl (C=O) groups excluding carboxylic acids is 7. The molecule has 3 rings (SSSR count). The maximum Gasteiger partial charge on any atom is 0.254 e. The number of amides is 7. The van der Waals surface area contributed by atoms with E-state index in [4.69, 9.17) is 5.11 Å². The van der Waals surface area contributed by atoms with Crippen LogP contribution in [0.2, 0.25) is 0 Å². The Labute approximate surface area is 344 Å². The fourth-order valence-corrected chi connectivity index (χ4v) is 6.54. The minimum Gasteiger partial charge on any atom is -0.396 e. The van der Waals surface area contributed by atoms with Gasteiger partial charge in [-0.25, -0.2) is 0 Å². The van der Waals surface area contributed by atoms with E-state index in [0.717, 1.165) is 53.1 Å². The van der Waals surface area contributed by atoms with Crippen molar-refractivity contribution in [3.63, 3.8) is 0 Å². The average Bonchev–Trinajstić information content (AvgIpc) is 3.52. The Kier molecular flexibility index (Phi) is 18.2. The summed E-state index contributed by atoms with van der Waals surface area (Å²) >= 11 is 0. The van der Waals surface area contributed by atoms with E-state index < -0.39 is 96.5 Å². The van der Waals surface area contributed by atoms with Gasteiger partial charge in [-0.1, -0.05) is 30.3 Å². The highest BCUT2D eigenvalue weighted by Gasteiger charge is 2.52. The molecule has 18 nitrogen and oxygen atoms in total. The topological polar surface area (TPSA) is 276 Å². The number of aliphatic hydroxyl groups is 4. The van der Waals surface area contributed by atoms with Gasteiger partial charge in [0.1, 0.15) is 12.1 Å². The molecule has 59 heavy (non-hydrogen) atoms. The molecule has 0 saturated heterocycles. The zero-order valence-electron chi connectivity index (χ0n) is 34.5. The van der Waals surface area contributed by atoms with E-state index in [9.17, 15) is 48.9 Å². The normalized spacial score (nSPS) is 16.6. The maximum atomic E-state index is 13.9. The molecule has 1 aliphatic carbocycles. The SMILES string of the molecule is CCNC(=O)CNC(=C1CCC1)C(Cc1ccccc1)NC(=O)CNC(=O)C(CCC(=O)NCC(O)C(O)C(O)CCO)NC(=O)C(C)(C)C(C)(C)N1C(=O)C=CC1=O. The van der Waals surface area contributed by atoms with Crippen LogP contribution < -0.4 is 31.9 Å². The van der Waals surface area contributed by atoms with Gasteiger partial charge in [0.15, 0.2) is 0 Å². The standard InChI is InChI=1S/C41H61N7O11/c1-6-42-32(53)23-44-36(26-13-10-14-26)28(21-25-11-8-7-9-12-25)46-33(54)24-45-38(58)27(15-16-31(52)43-22-30(51)37(57)29(50)19-20-49)47-39(59)40(2,3)41(4,5)48-34(55)17-18-35(48)56/h7-9,11-12,17-18,27-30,37,44,49-51,57H,6,10,13-16,19-24H2,1-5H3,(H,42,53)(H,43,52)(H,45,58)(H,46,54)(H,47,59). The number of nitrogens with zero attached hydrogens (tertiary/aromatic N) is 1.